The van der Waals surface area contributed by atoms with Crippen molar-refractivity contribution in [3.8, 4) is 0 Å². The summed E-state index contributed by atoms with van der Waals surface area (Å²) in [5.41, 5.74) is 4.52. The topological polar surface area (TPSA) is 24.4 Å². The average Bonchev–Trinajstić information content (AvgIpc) is 2.35. The lowest BCUT2D eigenvalue weighted by Crippen LogP contribution is -2.07. The quantitative estimate of drug-likeness (QED) is 0.606. The highest BCUT2D eigenvalue weighted by Gasteiger charge is 1.99. The molecule has 0 aliphatic rings. The van der Waals surface area contributed by atoms with Gasteiger partial charge in [-0.3, -0.25) is 0 Å². The first-order chi connectivity index (χ1) is 8.66. The summed E-state index contributed by atoms with van der Waals surface area (Å²) in [5.74, 6) is 0.901. The van der Waals surface area contributed by atoms with Crippen LogP contribution in [0.15, 0.2) is 53.5 Å². The molecule has 0 atom stereocenters. The zero-order valence-electron chi connectivity index (χ0n) is 11.1. The number of aliphatic imine (C=N–C) groups is 1. The number of hydrogen-bond acceptors (Lipinski definition) is 1. The van der Waals surface area contributed by atoms with Crippen molar-refractivity contribution < 1.29 is 0 Å². The Hall–Kier alpha value is -2.09. The van der Waals surface area contributed by atoms with Crippen LogP contribution in [0, 0.1) is 13.8 Å². The summed E-state index contributed by atoms with van der Waals surface area (Å²) >= 11 is 0. The van der Waals surface area contributed by atoms with Crippen molar-refractivity contribution in [2.75, 3.05) is 5.32 Å². The predicted octanol–water partition coefficient (Wildman–Crippen LogP) is 4.47. The van der Waals surface area contributed by atoms with E-state index in [1.807, 2.05) is 37.3 Å². The number of rotatable bonds is 2. The number of benzene rings is 2. The predicted molar refractivity (Wildman–Crippen MR) is 78.7 cm³/mol. The van der Waals surface area contributed by atoms with Crippen molar-refractivity contribution >= 4 is 17.2 Å². The van der Waals surface area contributed by atoms with Crippen LogP contribution >= 0.6 is 0 Å². The summed E-state index contributed by atoms with van der Waals surface area (Å²) in [6.07, 6.45) is 0. The van der Waals surface area contributed by atoms with Crippen LogP contribution in [0.1, 0.15) is 18.1 Å². The number of aryl methyl sites for hydroxylation is 2. The summed E-state index contributed by atoms with van der Waals surface area (Å²) in [6, 6.07) is 16.3. The number of nitrogens with one attached hydrogen (secondary N) is 1. The second-order valence-corrected chi connectivity index (χ2v) is 4.42. The smallest absolute Gasteiger partial charge is 0.103 e. The van der Waals surface area contributed by atoms with Gasteiger partial charge in [0, 0.05) is 5.69 Å². The van der Waals surface area contributed by atoms with E-state index in [1.165, 1.54) is 11.1 Å². The van der Waals surface area contributed by atoms with Gasteiger partial charge in [-0.25, -0.2) is 4.99 Å². The van der Waals surface area contributed by atoms with Crippen LogP contribution in [0.4, 0.5) is 11.4 Å². The van der Waals surface area contributed by atoms with E-state index >= 15 is 0 Å². The van der Waals surface area contributed by atoms with Crippen LogP contribution in [0.25, 0.3) is 0 Å². The molecule has 0 spiro atoms. The highest BCUT2D eigenvalue weighted by Crippen LogP contribution is 2.18. The zero-order valence-corrected chi connectivity index (χ0v) is 11.1. The molecule has 0 saturated carbocycles. The number of nitrogens with zero attached hydrogens (tertiary/aromatic N) is 1. The molecular weight excluding hydrogens is 220 g/mol. The third kappa shape index (κ3) is 2.98. The van der Waals surface area contributed by atoms with Gasteiger partial charge in [-0.15, -0.1) is 0 Å². The van der Waals surface area contributed by atoms with Crippen molar-refractivity contribution in [1.29, 1.82) is 0 Å². The van der Waals surface area contributed by atoms with E-state index in [9.17, 15) is 0 Å². The van der Waals surface area contributed by atoms with Crippen molar-refractivity contribution in [1.82, 2.24) is 0 Å². The van der Waals surface area contributed by atoms with Gasteiger partial charge < -0.3 is 5.32 Å². The molecule has 0 bridgehead atoms. The van der Waals surface area contributed by atoms with E-state index in [1.54, 1.807) is 0 Å². The number of anilines is 1. The van der Waals surface area contributed by atoms with E-state index in [4.69, 9.17) is 0 Å². The number of hydrogen-bond donors (Lipinski definition) is 1. The minimum atomic E-state index is 0.901. The molecule has 0 aliphatic heterocycles. The van der Waals surface area contributed by atoms with Crippen molar-refractivity contribution in [2.24, 2.45) is 4.99 Å². The van der Waals surface area contributed by atoms with Gasteiger partial charge in [0.15, 0.2) is 0 Å². The monoisotopic (exact) mass is 238 g/mol. The Morgan fingerprint density at radius 2 is 1.50 bits per heavy atom. The van der Waals surface area contributed by atoms with Gasteiger partial charge in [-0.2, -0.15) is 0 Å². The first-order valence-corrected chi connectivity index (χ1v) is 6.10. The molecule has 0 fully saturated rings. The fourth-order valence-corrected chi connectivity index (χ4v) is 1.81. The highest BCUT2D eigenvalue weighted by atomic mass is 15.0. The molecule has 0 radical (unpaired) electrons. The van der Waals surface area contributed by atoms with Gasteiger partial charge in [0.1, 0.15) is 5.84 Å². The number of para-hydroxylation sites is 2. The van der Waals surface area contributed by atoms with Gasteiger partial charge in [0.05, 0.1) is 5.69 Å². The minimum Gasteiger partial charge on any atom is -0.344 e. The largest absolute Gasteiger partial charge is 0.344 e. The van der Waals surface area contributed by atoms with Crippen LogP contribution < -0.4 is 5.32 Å². The molecule has 0 aromatic heterocycles. The summed E-state index contributed by atoms with van der Waals surface area (Å²) < 4.78 is 0. The van der Waals surface area contributed by atoms with Crippen LogP contribution in [-0.4, -0.2) is 5.84 Å². The Kier molecular flexibility index (Phi) is 3.78. The molecule has 2 aromatic carbocycles. The van der Waals surface area contributed by atoms with Crippen molar-refractivity contribution in [3.63, 3.8) is 0 Å². The molecule has 92 valence electrons. The minimum absolute atomic E-state index is 0.901. The molecule has 18 heavy (non-hydrogen) atoms. The Morgan fingerprint density at radius 3 is 2.17 bits per heavy atom. The molecule has 2 nitrogen and oxygen atoms in total. The fourth-order valence-electron chi connectivity index (χ4n) is 1.81. The van der Waals surface area contributed by atoms with Crippen LogP contribution in [-0.2, 0) is 0 Å². The first kappa shape index (κ1) is 12.4. The molecule has 2 rings (SSSR count). The van der Waals surface area contributed by atoms with Gasteiger partial charge >= 0.3 is 0 Å². The van der Waals surface area contributed by atoms with Crippen LogP contribution in [0.2, 0.25) is 0 Å². The summed E-state index contributed by atoms with van der Waals surface area (Å²) in [7, 11) is 0. The standard InChI is InChI=1S/C16H18N2/c1-12-8-4-6-10-15(12)17-14(3)18-16-11-7-5-9-13(16)2/h4-11H,1-3H3,(H,17,18). The zero-order chi connectivity index (χ0) is 13.0. The van der Waals surface area contributed by atoms with Crippen LogP contribution in [0.5, 0.6) is 0 Å². The second-order valence-electron chi connectivity index (χ2n) is 4.42. The SMILES string of the molecule is C/C(=N\c1ccccc1C)Nc1ccccc1C. The lowest BCUT2D eigenvalue weighted by molar-refractivity contribution is 1.37. The van der Waals surface area contributed by atoms with Crippen LogP contribution in [0.3, 0.4) is 0 Å². The molecule has 2 aromatic rings. The maximum atomic E-state index is 4.60. The average molecular weight is 238 g/mol. The summed E-state index contributed by atoms with van der Waals surface area (Å²) in [6.45, 7) is 6.14. The van der Waals surface area contributed by atoms with Gasteiger partial charge in [0.2, 0.25) is 0 Å². The normalized spacial score (nSPS) is 11.4. The number of amidine groups is 1. The molecule has 0 saturated heterocycles. The van der Waals surface area contributed by atoms with Crippen molar-refractivity contribution in [2.45, 2.75) is 20.8 Å². The van der Waals surface area contributed by atoms with E-state index in [0.29, 0.717) is 0 Å². The maximum absolute atomic E-state index is 4.60. The maximum Gasteiger partial charge on any atom is 0.103 e. The summed E-state index contributed by atoms with van der Waals surface area (Å²) in [5, 5.41) is 3.34. The third-order valence-corrected chi connectivity index (χ3v) is 2.86. The first-order valence-electron chi connectivity index (χ1n) is 6.10. The van der Waals surface area contributed by atoms with Gasteiger partial charge in [0.25, 0.3) is 0 Å². The fraction of sp³-hybridized carbons (Fsp3) is 0.188. The Labute approximate surface area is 108 Å². The third-order valence-electron chi connectivity index (χ3n) is 2.86. The van der Waals surface area contributed by atoms with E-state index < -0.39 is 0 Å². The summed E-state index contributed by atoms with van der Waals surface area (Å²) in [4.78, 5) is 4.60. The van der Waals surface area contributed by atoms with Gasteiger partial charge in [-0.05, 0) is 44.0 Å². The Balaban J connectivity index is 2.20. The molecule has 0 aliphatic carbocycles. The lowest BCUT2D eigenvalue weighted by atomic mass is 10.2. The Bertz CT molecular complexity index is 571. The molecular formula is C16H18N2. The molecule has 0 unspecified atom stereocenters. The van der Waals surface area contributed by atoms with Crippen molar-refractivity contribution in [3.05, 3.63) is 59.7 Å². The molecule has 0 heterocycles. The molecule has 0 amide bonds. The lowest BCUT2D eigenvalue weighted by Gasteiger charge is -2.09. The molecule has 1 N–H and O–H groups in total. The highest BCUT2D eigenvalue weighted by molar-refractivity contribution is 5.95. The second kappa shape index (κ2) is 5.50. The Morgan fingerprint density at radius 1 is 0.889 bits per heavy atom. The van der Waals surface area contributed by atoms with E-state index in [2.05, 4.69) is 42.4 Å². The van der Waals surface area contributed by atoms with E-state index in [-0.39, 0.29) is 0 Å². The van der Waals surface area contributed by atoms with Gasteiger partial charge in [-0.1, -0.05) is 36.4 Å². The molecule has 2 heteroatoms. The van der Waals surface area contributed by atoms with E-state index in [0.717, 1.165) is 17.2 Å².